The molecule has 3 fully saturated rings. The first kappa shape index (κ1) is 43.9. The molecule has 5 aromatic carbocycles. The summed E-state index contributed by atoms with van der Waals surface area (Å²) in [6.45, 7) is 0.244. The molecule has 1 spiro atoms. The Hall–Kier alpha value is -7.34. The summed E-state index contributed by atoms with van der Waals surface area (Å²) in [4.78, 5) is 78.0. The maximum absolute atomic E-state index is 16.4. The molecule has 6 atom stereocenters. The average molecular weight is 889 g/mol. The normalized spacial score (nSPS) is 23.7. The Balaban J connectivity index is 1.31. The van der Waals surface area contributed by atoms with Gasteiger partial charge >= 0.3 is 12.1 Å². The summed E-state index contributed by atoms with van der Waals surface area (Å²) in [6, 6.07) is 32.2. The van der Waals surface area contributed by atoms with E-state index in [-0.39, 0.29) is 42.3 Å². The molecule has 3 amide bonds. The number of aliphatic hydroxyl groups excluding tert-OH is 1. The number of morpholine rings is 1. The second kappa shape index (κ2) is 18.6. The second-order valence-corrected chi connectivity index (χ2v) is 17.1. The van der Waals surface area contributed by atoms with E-state index in [0.29, 0.717) is 48.2 Å². The van der Waals surface area contributed by atoms with Gasteiger partial charge in [-0.2, -0.15) is 0 Å². The van der Waals surface area contributed by atoms with Gasteiger partial charge in [-0.1, -0.05) is 104 Å². The number of imide groups is 1. The third-order valence-corrected chi connectivity index (χ3v) is 13.3. The minimum Gasteiger partial charge on any atom is -0.508 e. The standard InChI is InChI=1S/C52H48N4O10/c57-31-13-10-14-34-21-28-42-41(32-34)52(50(61)54(42)51(62)65-33-35-19-24-39(25-20-35)56(63)64)43(48(59)53-29-11-2-1-3-12-30-53)45-49(60)66-46(37-17-8-5-9-18-37)44(36-15-6-4-7-16-36)55(45)47(52)38-22-26-40(58)27-23-38/h4-9,15-28,32,43-47,57-58H,1-3,11-13,29-31,33H2/t43-,44-,45-,46+,47+,52-/m0/s1. The largest absolute Gasteiger partial charge is 0.508 e. The van der Waals surface area contributed by atoms with Crippen molar-refractivity contribution in [3.63, 3.8) is 0 Å². The molecule has 0 unspecified atom stereocenters. The number of phenols is 1. The predicted octanol–water partition coefficient (Wildman–Crippen LogP) is 7.83. The summed E-state index contributed by atoms with van der Waals surface area (Å²) >= 11 is 0. The van der Waals surface area contributed by atoms with Crippen LogP contribution >= 0.6 is 0 Å². The Morgan fingerprint density at radius 3 is 2.11 bits per heavy atom. The lowest BCUT2D eigenvalue weighted by Crippen LogP contribution is -2.56. The Morgan fingerprint density at radius 1 is 0.803 bits per heavy atom. The van der Waals surface area contributed by atoms with E-state index in [0.717, 1.165) is 29.7 Å². The van der Waals surface area contributed by atoms with Crippen LogP contribution in [0.4, 0.5) is 16.2 Å². The lowest BCUT2D eigenvalue weighted by molar-refractivity contribution is -0.384. The van der Waals surface area contributed by atoms with E-state index in [1.165, 1.54) is 36.4 Å². The van der Waals surface area contributed by atoms with Gasteiger partial charge in [0.25, 0.3) is 5.69 Å². The third-order valence-electron chi connectivity index (χ3n) is 13.3. The van der Waals surface area contributed by atoms with Gasteiger partial charge in [0.2, 0.25) is 11.8 Å². The summed E-state index contributed by atoms with van der Waals surface area (Å²) in [5.74, 6) is 2.56. The van der Waals surface area contributed by atoms with Crippen LogP contribution in [-0.2, 0) is 35.9 Å². The van der Waals surface area contributed by atoms with Crippen LogP contribution in [0.3, 0.4) is 0 Å². The number of rotatable bonds is 8. The molecule has 4 heterocycles. The molecule has 0 radical (unpaired) electrons. The molecule has 0 aromatic heterocycles. The molecule has 4 aliphatic rings. The van der Waals surface area contributed by atoms with Crippen molar-refractivity contribution in [1.29, 1.82) is 0 Å². The molecule has 0 bridgehead atoms. The van der Waals surface area contributed by atoms with Gasteiger partial charge < -0.3 is 24.6 Å². The molecule has 0 saturated carbocycles. The van der Waals surface area contributed by atoms with Crippen LogP contribution in [0.15, 0.2) is 127 Å². The fraction of sp³-hybridized carbons (Fsp3) is 0.308. The molecule has 14 heteroatoms. The highest BCUT2D eigenvalue weighted by atomic mass is 16.6. The Bertz CT molecular complexity index is 2700. The number of aromatic hydroxyl groups is 1. The number of nitro groups is 1. The van der Waals surface area contributed by atoms with E-state index in [4.69, 9.17) is 9.47 Å². The number of amides is 3. The SMILES string of the molecule is O=C1O[C@H](c2ccccc2)[C@H](c2ccccc2)N2[C@H]1[C@@H](C(=O)N1CCCCCCC1)[C@]1(C(=O)N(C(=O)OCc3ccc([N+](=O)[O-])cc3)c3ccc(C#CCCO)cc31)[C@H]2c1ccc(O)cc1. The molecule has 3 saturated heterocycles. The number of phenolic OH excluding ortho intramolecular Hbond substituents is 1. The summed E-state index contributed by atoms with van der Waals surface area (Å²) in [5.41, 5.74) is 0.993. The molecular weight excluding hydrogens is 841 g/mol. The van der Waals surface area contributed by atoms with Crippen LogP contribution in [0.25, 0.3) is 0 Å². The molecule has 0 aliphatic carbocycles. The molecule has 5 aromatic rings. The molecular formula is C52H48N4O10. The first-order chi connectivity index (χ1) is 32.1. The highest BCUT2D eigenvalue weighted by Gasteiger charge is 2.76. The Labute approximate surface area is 381 Å². The number of anilines is 1. The number of nitrogens with zero attached hydrogens (tertiary/aromatic N) is 4. The zero-order valence-corrected chi connectivity index (χ0v) is 36.0. The van der Waals surface area contributed by atoms with Gasteiger partial charge in [-0.3, -0.25) is 29.4 Å². The summed E-state index contributed by atoms with van der Waals surface area (Å²) < 4.78 is 12.4. The van der Waals surface area contributed by atoms with Crippen molar-refractivity contribution in [3.05, 3.63) is 171 Å². The van der Waals surface area contributed by atoms with E-state index in [1.807, 2.05) is 65.6 Å². The lowest BCUT2D eigenvalue weighted by Gasteiger charge is -2.46. The number of ether oxygens (including phenoxy) is 2. The number of nitro benzene ring substituents is 1. The second-order valence-electron chi connectivity index (χ2n) is 17.1. The van der Waals surface area contributed by atoms with E-state index < -0.39 is 64.4 Å². The van der Waals surface area contributed by atoms with Crippen molar-refractivity contribution in [2.45, 2.75) is 74.8 Å². The fourth-order valence-corrected chi connectivity index (χ4v) is 10.4. The number of esters is 1. The minimum absolute atomic E-state index is 0.0496. The smallest absolute Gasteiger partial charge is 0.421 e. The monoisotopic (exact) mass is 888 g/mol. The maximum atomic E-state index is 16.4. The highest BCUT2D eigenvalue weighted by Crippen LogP contribution is 2.66. The number of likely N-dealkylation sites (tertiary alicyclic amines) is 1. The minimum atomic E-state index is -2.03. The van der Waals surface area contributed by atoms with E-state index in [9.17, 15) is 25.1 Å². The van der Waals surface area contributed by atoms with Crippen LogP contribution in [0.2, 0.25) is 0 Å². The number of carbonyl (C=O) groups excluding carboxylic acids is 4. The van der Waals surface area contributed by atoms with Gasteiger partial charge in [0.1, 0.15) is 29.9 Å². The number of non-ortho nitro benzene ring substituents is 1. The number of benzene rings is 5. The number of hydrogen-bond acceptors (Lipinski definition) is 11. The topological polar surface area (TPSA) is 180 Å². The van der Waals surface area contributed by atoms with Crippen molar-refractivity contribution in [1.82, 2.24) is 9.80 Å². The van der Waals surface area contributed by atoms with Crippen molar-refractivity contribution < 1.29 is 43.8 Å². The van der Waals surface area contributed by atoms with Crippen LogP contribution in [0, 0.1) is 27.9 Å². The molecule has 9 rings (SSSR count). The van der Waals surface area contributed by atoms with E-state index in [1.54, 1.807) is 35.2 Å². The number of hydrogen-bond donors (Lipinski definition) is 2. The van der Waals surface area contributed by atoms with Gasteiger partial charge in [0.15, 0.2) is 0 Å². The zero-order chi connectivity index (χ0) is 46.0. The summed E-state index contributed by atoms with van der Waals surface area (Å²) in [5, 5.41) is 31.7. The first-order valence-corrected chi connectivity index (χ1v) is 22.3. The van der Waals surface area contributed by atoms with Crippen molar-refractivity contribution in [2.24, 2.45) is 5.92 Å². The molecule has 2 N–H and O–H groups in total. The summed E-state index contributed by atoms with van der Waals surface area (Å²) in [6.07, 6.45) is 2.42. The van der Waals surface area contributed by atoms with Gasteiger partial charge in [0, 0.05) is 37.2 Å². The molecule has 66 heavy (non-hydrogen) atoms. The summed E-state index contributed by atoms with van der Waals surface area (Å²) in [7, 11) is 0. The average Bonchev–Trinajstić information content (AvgIpc) is 3.77. The van der Waals surface area contributed by atoms with Gasteiger partial charge in [-0.15, -0.1) is 0 Å². The Morgan fingerprint density at radius 2 is 1.45 bits per heavy atom. The maximum Gasteiger partial charge on any atom is 0.421 e. The fourth-order valence-electron chi connectivity index (χ4n) is 10.4. The van der Waals surface area contributed by atoms with Crippen molar-refractivity contribution >= 4 is 35.3 Å². The van der Waals surface area contributed by atoms with Crippen molar-refractivity contribution in [3.8, 4) is 17.6 Å². The van der Waals surface area contributed by atoms with Crippen molar-refractivity contribution in [2.75, 3.05) is 24.6 Å². The zero-order valence-electron chi connectivity index (χ0n) is 36.0. The number of carbonyl (C=O) groups is 4. The van der Waals surface area contributed by atoms with Gasteiger partial charge in [-0.25, -0.2) is 9.69 Å². The third kappa shape index (κ3) is 7.84. The predicted molar refractivity (Wildman–Crippen MR) is 242 cm³/mol. The molecule has 14 nitrogen and oxygen atoms in total. The van der Waals surface area contributed by atoms with Crippen LogP contribution < -0.4 is 4.90 Å². The first-order valence-electron chi connectivity index (χ1n) is 22.3. The van der Waals surface area contributed by atoms with Gasteiger partial charge in [0.05, 0.1) is 35.2 Å². The van der Waals surface area contributed by atoms with Crippen LogP contribution in [0.5, 0.6) is 5.75 Å². The quantitative estimate of drug-likeness (QED) is 0.0671. The lowest BCUT2D eigenvalue weighted by atomic mass is 9.64. The van der Waals surface area contributed by atoms with E-state index >= 15 is 14.4 Å². The Kier molecular flexibility index (Phi) is 12.4. The van der Waals surface area contributed by atoms with Crippen LogP contribution in [0.1, 0.15) is 90.1 Å². The van der Waals surface area contributed by atoms with E-state index in [2.05, 4.69) is 11.8 Å². The highest BCUT2D eigenvalue weighted by molar-refractivity contribution is 6.23. The van der Waals surface area contributed by atoms with Crippen LogP contribution in [-0.4, -0.2) is 74.6 Å². The number of cyclic esters (lactones) is 1. The number of fused-ring (bicyclic) bond motifs is 3. The molecule has 4 aliphatic heterocycles. The van der Waals surface area contributed by atoms with Gasteiger partial charge in [-0.05, 0) is 83.1 Å². The number of aliphatic hydroxyl groups is 1. The molecule has 336 valence electrons.